The third-order valence-corrected chi connectivity index (χ3v) is 4.11. The lowest BCUT2D eigenvalue weighted by molar-refractivity contribution is 0.0721. The molecule has 1 fully saturated rings. The molecule has 2 atom stereocenters. The number of anilines is 2. The van der Waals surface area contributed by atoms with Gasteiger partial charge >= 0.3 is 0 Å². The highest BCUT2D eigenvalue weighted by Gasteiger charge is 2.26. The van der Waals surface area contributed by atoms with Crippen LogP contribution in [0.3, 0.4) is 0 Å². The standard InChI is InChI=1S/C14H21ClN2O/c1-9-6-13(16)12(15)8-14(9)17-5-4-11(18-3)7-10(17)2/h6,8,10-11H,4-5,7,16H2,1-3H3. The zero-order chi connectivity index (χ0) is 13.3. The second-order valence-corrected chi connectivity index (χ2v) is 5.49. The molecule has 1 aromatic rings. The Labute approximate surface area is 114 Å². The van der Waals surface area contributed by atoms with Crippen LogP contribution in [0.25, 0.3) is 0 Å². The first-order chi connectivity index (χ1) is 8.52. The van der Waals surface area contributed by atoms with Crippen LogP contribution in [-0.4, -0.2) is 25.8 Å². The molecule has 0 spiro atoms. The van der Waals surface area contributed by atoms with Crippen LogP contribution in [0.4, 0.5) is 11.4 Å². The van der Waals surface area contributed by atoms with Crippen molar-refractivity contribution >= 4 is 23.0 Å². The number of nitrogens with zero attached hydrogens (tertiary/aromatic N) is 1. The van der Waals surface area contributed by atoms with E-state index in [9.17, 15) is 0 Å². The van der Waals surface area contributed by atoms with Gasteiger partial charge in [0.25, 0.3) is 0 Å². The molecule has 1 aliphatic heterocycles. The Morgan fingerprint density at radius 3 is 2.78 bits per heavy atom. The van der Waals surface area contributed by atoms with Gasteiger partial charge in [-0.05, 0) is 44.4 Å². The summed E-state index contributed by atoms with van der Waals surface area (Å²) in [6.45, 7) is 5.31. The molecule has 2 rings (SSSR count). The highest BCUT2D eigenvalue weighted by atomic mass is 35.5. The average molecular weight is 269 g/mol. The number of ether oxygens (including phenoxy) is 1. The minimum atomic E-state index is 0.376. The third-order valence-electron chi connectivity index (χ3n) is 3.79. The number of rotatable bonds is 2. The van der Waals surface area contributed by atoms with Gasteiger partial charge in [0, 0.05) is 25.4 Å². The number of nitrogens with two attached hydrogens (primary N) is 1. The van der Waals surface area contributed by atoms with Crippen molar-refractivity contribution in [1.82, 2.24) is 0 Å². The molecule has 100 valence electrons. The minimum absolute atomic E-state index is 0.376. The molecule has 18 heavy (non-hydrogen) atoms. The summed E-state index contributed by atoms with van der Waals surface area (Å²) in [5.74, 6) is 0. The second-order valence-electron chi connectivity index (χ2n) is 5.08. The van der Waals surface area contributed by atoms with Crippen LogP contribution < -0.4 is 10.6 Å². The van der Waals surface area contributed by atoms with Gasteiger partial charge in [0.05, 0.1) is 16.8 Å². The zero-order valence-electron chi connectivity index (χ0n) is 11.2. The van der Waals surface area contributed by atoms with E-state index in [1.807, 2.05) is 12.1 Å². The second kappa shape index (κ2) is 5.37. The monoisotopic (exact) mass is 268 g/mol. The lowest BCUT2D eigenvalue weighted by Crippen LogP contribution is -2.43. The number of methoxy groups -OCH3 is 1. The maximum Gasteiger partial charge on any atom is 0.0656 e. The zero-order valence-corrected chi connectivity index (χ0v) is 12.0. The molecule has 4 heteroatoms. The summed E-state index contributed by atoms with van der Waals surface area (Å²) in [6, 6.07) is 4.39. The molecule has 1 heterocycles. The molecule has 3 nitrogen and oxygen atoms in total. The van der Waals surface area contributed by atoms with Gasteiger partial charge in [0.15, 0.2) is 0 Å². The first-order valence-electron chi connectivity index (χ1n) is 6.38. The topological polar surface area (TPSA) is 38.5 Å². The smallest absolute Gasteiger partial charge is 0.0656 e. The summed E-state index contributed by atoms with van der Waals surface area (Å²) < 4.78 is 5.45. The maximum atomic E-state index is 6.13. The van der Waals surface area contributed by atoms with Crippen LogP contribution in [0.5, 0.6) is 0 Å². The number of nitrogen functional groups attached to an aromatic ring is 1. The van der Waals surface area contributed by atoms with Gasteiger partial charge in [-0.15, -0.1) is 0 Å². The molecular weight excluding hydrogens is 248 g/mol. The summed E-state index contributed by atoms with van der Waals surface area (Å²) in [6.07, 6.45) is 2.49. The summed E-state index contributed by atoms with van der Waals surface area (Å²) in [5.41, 5.74) is 8.85. The fourth-order valence-electron chi connectivity index (χ4n) is 2.70. The Kier molecular flexibility index (Phi) is 4.03. The van der Waals surface area contributed by atoms with Crippen molar-refractivity contribution in [3.8, 4) is 0 Å². The number of hydrogen-bond acceptors (Lipinski definition) is 3. The van der Waals surface area contributed by atoms with E-state index in [1.165, 1.54) is 11.3 Å². The lowest BCUT2D eigenvalue weighted by Gasteiger charge is -2.39. The van der Waals surface area contributed by atoms with Crippen molar-refractivity contribution in [1.29, 1.82) is 0 Å². The SMILES string of the molecule is COC1CCN(c2cc(Cl)c(N)cc2C)C(C)C1. The predicted octanol–water partition coefficient (Wildman–Crippen LogP) is 3.23. The van der Waals surface area contributed by atoms with Crippen LogP contribution in [0.1, 0.15) is 25.3 Å². The first kappa shape index (κ1) is 13.5. The summed E-state index contributed by atoms with van der Waals surface area (Å²) in [5, 5.41) is 0.636. The molecule has 0 amide bonds. The van der Waals surface area contributed by atoms with Gasteiger partial charge in [0.2, 0.25) is 0 Å². The van der Waals surface area contributed by atoms with Gasteiger partial charge in [-0.2, -0.15) is 0 Å². The van der Waals surface area contributed by atoms with Crippen molar-refractivity contribution in [2.75, 3.05) is 24.3 Å². The summed E-state index contributed by atoms with van der Waals surface area (Å²) >= 11 is 6.13. The number of piperidine rings is 1. The largest absolute Gasteiger partial charge is 0.398 e. The predicted molar refractivity (Wildman–Crippen MR) is 77.4 cm³/mol. The molecule has 1 aliphatic rings. The van der Waals surface area contributed by atoms with E-state index < -0.39 is 0 Å². The molecular formula is C14H21ClN2O. The fraction of sp³-hybridized carbons (Fsp3) is 0.571. The Morgan fingerprint density at radius 2 is 2.17 bits per heavy atom. The third kappa shape index (κ3) is 2.57. The van der Waals surface area contributed by atoms with Crippen molar-refractivity contribution in [2.24, 2.45) is 0 Å². The molecule has 1 aromatic carbocycles. The number of halogens is 1. The molecule has 0 radical (unpaired) electrons. The van der Waals surface area contributed by atoms with Crippen LogP contribution >= 0.6 is 11.6 Å². The van der Waals surface area contributed by atoms with Gasteiger partial charge < -0.3 is 15.4 Å². The highest BCUT2D eigenvalue weighted by Crippen LogP contribution is 2.33. The summed E-state index contributed by atoms with van der Waals surface area (Å²) in [4.78, 5) is 2.40. The Bertz CT molecular complexity index is 436. The van der Waals surface area contributed by atoms with E-state index >= 15 is 0 Å². The van der Waals surface area contributed by atoms with E-state index in [4.69, 9.17) is 22.1 Å². The minimum Gasteiger partial charge on any atom is -0.398 e. The first-order valence-corrected chi connectivity index (χ1v) is 6.75. The van der Waals surface area contributed by atoms with Crippen LogP contribution in [-0.2, 0) is 4.74 Å². The molecule has 1 saturated heterocycles. The van der Waals surface area contributed by atoms with Gasteiger partial charge in [-0.3, -0.25) is 0 Å². The molecule has 0 bridgehead atoms. The van der Waals surface area contributed by atoms with Gasteiger partial charge in [0.1, 0.15) is 0 Å². The maximum absolute atomic E-state index is 6.13. The Hall–Kier alpha value is -0.930. The molecule has 2 N–H and O–H groups in total. The van der Waals surface area contributed by atoms with Crippen molar-refractivity contribution in [2.45, 2.75) is 38.8 Å². The van der Waals surface area contributed by atoms with Crippen LogP contribution in [0.15, 0.2) is 12.1 Å². The quantitative estimate of drug-likeness (QED) is 0.837. The Morgan fingerprint density at radius 1 is 1.44 bits per heavy atom. The number of benzene rings is 1. The highest BCUT2D eigenvalue weighted by molar-refractivity contribution is 6.33. The van der Waals surface area contributed by atoms with E-state index in [0.717, 1.165) is 19.4 Å². The normalized spacial score (nSPS) is 24.3. The fourth-order valence-corrected chi connectivity index (χ4v) is 2.86. The van der Waals surface area contributed by atoms with Crippen molar-refractivity contribution in [3.63, 3.8) is 0 Å². The lowest BCUT2D eigenvalue weighted by atomic mass is 9.98. The molecule has 0 aliphatic carbocycles. The number of aryl methyl sites for hydroxylation is 1. The Balaban J connectivity index is 2.24. The summed E-state index contributed by atoms with van der Waals surface area (Å²) in [7, 11) is 1.79. The van der Waals surface area contributed by atoms with Gasteiger partial charge in [-0.1, -0.05) is 11.6 Å². The van der Waals surface area contributed by atoms with Crippen LogP contribution in [0, 0.1) is 6.92 Å². The van der Waals surface area contributed by atoms with E-state index in [-0.39, 0.29) is 0 Å². The van der Waals surface area contributed by atoms with Crippen molar-refractivity contribution < 1.29 is 4.74 Å². The molecule has 0 saturated carbocycles. The van der Waals surface area contributed by atoms with E-state index in [0.29, 0.717) is 22.9 Å². The van der Waals surface area contributed by atoms with E-state index in [2.05, 4.69) is 18.7 Å². The van der Waals surface area contributed by atoms with Gasteiger partial charge in [-0.25, -0.2) is 0 Å². The molecule has 2 unspecified atom stereocenters. The molecule has 0 aromatic heterocycles. The number of hydrogen-bond donors (Lipinski definition) is 1. The van der Waals surface area contributed by atoms with E-state index in [1.54, 1.807) is 7.11 Å². The van der Waals surface area contributed by atoms with Crippen LogP contribution in [0.2, 0.25) is 5.02 Å². The average Bonchev–Trinajstić information content (AvgIpc) is 2.34. The van der Waals surface area contributed by atoms with Crippen molar-refractivity contribution in [3.05, 3.63) is 22.7 Å².